The Kier molecular flexibility index (Phi) is 8.84. The van der Waals surface area contributed by atoms with Crippen molar-refractivity contribution >= 4 is 29.9 Å². The molecule has 0 saturated carbocycles. The van der Waals surface area contributed by atoms with Crippen LogP contribution >= 0.6 is 24.0 Å². The smallest absolute Gasteiger partial charge is 0.216 e. The molecule has 0 aliphatic heterocycles. The average molecular weight is 546 g/mol. The van der Waals surface area contributed by atoms with Crippen molar-refractivity contribution in [3.63, 3.8) is 0 Å². The summed E-state index contributed by atoms with van der Waals surface area (Å²) in [6.07, 6.45) is 6.06. The second-order valence-electron chi connectivity index (χ2n) is 6.93. The molecule has 10 heteroatoms. The summed E-state index contributed by atoms with van der Waals surface area (Å²) in [7, 11) is 0. The van der Waals surface area contributed by atoms with Crippen LogP contribution in [-0.4, -0.2) is 44.0 Å². The summed E-state index contributed by atoms with van der Waals surface area (Å²) in [6.45, 7) is 4.82. The van der Waals surface area contributed by atoms with Gasteiger partial charge < -0.3 is 15.1 Å². The first-order chi connectivity index (χ1) is 15.3. The van der Waals surface area contributed by atoms with Crippen LogP contribution in [0, 0.1) is 0 Å². The molecule has 3 heterocycles. The molecule has 9 nitrogen and oxygen atoms in total. The maximum atomic E-state index is 5.33. The van der Waals surface area contributed by atoms with Gasteiger partial charge >= 0.3 is 0 Å². The summed E-state index contributed by atoms with van der Waals surface area (Å²) in [5.74, 6) is 2.77. The lowest BCUT2D eigenvalue weighted by atomic mass is 10.1. The minimum atomic E-state index is 0. The predicted octanol–water partition coefficient (Wildman–Crippen LogP) is 3.23. The van der Waals surface area contributed by atoms with Crippen LogP contribution in [0.5, 0.6) is 0 Å². The molecule has 3 N–H and O–H groups in total. The Morgan fingerprint density at radius 3 is 2.75 bits per heavy atom. The van der Waals surface area contributed by atoms with E-state index in [-0.39, 0.29) is 24.0 Å². The lowest BCUT2D eigenvalue weighted by Gasteiger charge is -2.12. The van der Waals surface area contributed by atoms with Gasteiger partial charge in [-0.3, -0.25) is 9.78 Å². The minimum absolute atomic E-state index is 0. The summed E-state index contributed by atoms with van der Waals surface area (Å²) < 4.78 is 7.25. The van der Waals surface area contributed by atoms with Crippen molar-refractivity contribution < 1.29 is 4.42 Å². The Morgan fingerprint density at radius 2 is 2.00 bits per heavy atom. The Labute approximate surface area is 203 Å². The molecule has 168 valence electrons. The van der Waals surface area contributed by atoms with Crippen molar-refractivity contribution in [2.45, 2.75) is 26.4 Å². The monoisotopic (exact) mass is 546 g/mol. The third kappa shape index (κ3) is 6.42. The number of nitrogens with zero attached hydrogens (tertiary/aromatic N) is 5. The number of aromatic nitrogens is 5. The summed E-state index contributed by atoms with van der Waals surface area (Å²) in [5.41, 5.74) is 2.38. The fourth-order valence-corrected chi connectivity index (χ4v) is 3.16. The average Bonchev–Trinajstić information content (AvgIpc) is 3.55. The summed E-state index contributed by atoms with van der Waals surface area (Å²) in [6, 6.07) is 13.9. The number of hydrogen-bond acceptors (Lipinski definition) is 5. The van der Waals surface area contributed by atoms with E-state index in [1.807, 2.05) is 41.2 Å². The van der Waals surface area contributed by atoms with Crippen molar-refractivity contribution in [2.75, 3.05) is 13.1 Å². The molecule has 0 saturated heterocycles. The van der Waals surface area contributed by atoms with Crippen molar-refractivity contribution in [1.29, 1.82) is 0 Å². The fourth-order valence-electron chi connectivity index (χ4n) is 3.16. The van der Waals surface area contributed by atoms with Crippen molar-refractivity contribution in [3.05, 3.63) is 78.1 Å². The lowest BCUT2D eigenvalue weighted by molar-refractivity contribution is 0.577. The highest BCUT2D eigenvalue weighted by atomic mass is 127. The molecule has 0 atom stereocenters. The summed E-state index contributed by atoms with van der Waals surface area (Å²) >= 11 is 0. The Hall–Kier alpha value is -3.15. The van der Waals surface area contributed by atoms with Gasteiger partial charge in [-0.25, -0.2) is 9.98 Å². The molecular formula is C22H27IN8O. The highest BCUT2D eigenvalue weighted by Crippen LogP contribution is 2.14. The predicted molar refractivity (Wildman–Crippen MR) is 134 cm³/mol. The molecule has 1 aromatic carbocycles. The summed E-state index contributed by atoms with van der Waals surface area (Å²) in [4.78, 5) is 9.22. The van der Waals surface area contributed by atoms with E-state index in [0.717, 1.165) is 24.9 Å². The number of aliphatic imine (C=N–C) groups is 1. The fraction of sp³-hybridized carbons (Fsp3) is 0.273. The molecule has 0 fully saturated rings. The molecule has 4 aromatic rings. The zero-order valence-electron chi connectivity index (χ0n) is 17.9. The molecule has 3 aromatic heterocycles. The molecule has 32 heavy (non-hydrogen) atoms. The first-order valence-electron chi connectivity index (χ1n) is 10.3. The standard InChI is InChI=1S/C22H26N8O.HI/c1-2-23-22(24-12-10-20-27-21(29-28-20)19-9-5-14-31-19)25-15-17-7-3-4-8-18(17)16-30-13-6-11-26-30;/h3-9,11,13-14H,2,10,12,15-16H2,1H3,(H2,23,24,25)(H,27,28,29);1H. The first-order valence-corrected chi connectivity index (χ1v) is 10.3. The molecule has 0 aliphatic rings. The van der Waals surface area contributed by atoms with E-state index in [0.29, 0.717) is 31.1 Å². The molecule has 0 unspecified atom stereocenters. The van der Waals surface area contributed by atoms with E-state index in [2.05, 4.69) is 50.0 Å². The van der Waals surface area contributed by atoms with Gasteiger partial charge in [-0.1, -0.05) is 24.3 Å². The van der Waals surface area contributed by atoms with Gasteiger partial charge in [0.25, 0.3) is 0 Å². The van der Waals surface area contributed by atoms with Gasteiger partial charge in [-0.2, -0.15) is 10.2 Å². The number of furan rings is 1. The zero-order chi connectivity index (χ0) is 21.3. The lowest BCUT2D eigenvalue weighted by Crippen LogP contribution is -2.38. The molecule has 4 rings (SSSR count). The third-order valence-electron chi connectivity index (χ3n) is 4.69. The summed E-state index contributed by atoms with van der Waals surface area (Å²) in [5, 5.41) is 18.1. The normalized spacial score (nSPS) is 11.2. The van der Waals surface area contributed by atoms with Crippen molar-refractivity contribution in [1.82, 2.24) is 35.6 Å². The number of guanidine groups is 1. The molecule has 0 radical (unpaired) electrons. The Bertz CT molecular complexity index is 1090. The van der Waals surface area contributed by atoms with Gasteiger partial charge in [0.1, 0.15) is 5.82 Å². The zero-order valence-corrected chi connectivity index (χ0v) is 20.2. The van der Waals surface area contributed by atoms with E-state index in [1.54, 1.807) is 12.5 Å². The van der Waals surface area contributed by atoms with E-state index >= 15 is 0 Å². The second kappa shape index (κ2) is 12.0. The van der Waals surface area contributed by atoms with Crippen molar-refractivity contribution in [3.8, 4) is 11.6 Å². The Morgan fingerprint density at radius 1 is 1.12 bits per heavy atom. The molecule has 0 bridgehead atoms. The van der Waals surface area contributed by atoms with Gasteiger partial charge in [-0.05, 0) is 36.2 Å². The number of benzene rings is 1. The first kappa shape index (κ1) is 23.5. The second-order valence-corrected chi connectivity index (χ2v) is 6.93. The van der Waals surface area contributed by atoms with Gasteiger partial charge in [0, 0.05) is 31.9 Å². The number of hydrogen-bond donors (Lipinski definition) is 3. The highest BCUT2D eigenvalue weighted by molar-refractivity contribution is 14.0. The van der Waals surface area contributed by atoms with Crippen LogP contribution < -0.4 is 10.6 Å². The quantitative estimate of drug-likeness (QED) is 0.169. The van der Waals surface area contributed by atoms with Gasteiger partial charge in [0.05, 0.1) is 19.4 Å². The number of nitrogens with one attached hydrogen (secondary N) is 3. The molecular weight excluding hydrogens is 519 g/mol. The van der Waals surface area contributed by atoms with Crippen LogP contribution in [0.3, 0.4) is 0 Å². The van der Waals surface area contributed by atoms with Crippen LogP contribution in [-0.2, 0) is 19.5 Å². The van der Waals surface area contributed by atoms with E-state index in [1.165, 1.54) is 11.1 Å². The maximum Gasteiger partial charge on any atom is 0.216 e. The maximum absolute atomic E-state index is 5.33. The number of aromatic amines is 1. The highest BCUT2D eigenvalue weighted by Gasteiger charge is 2.08. The van der Waals surface area contributed by atoms with Gasteiger partial charge in [0.2, 0.25) is 5.82 Å². The third-order valence-corrected chi connectivity index (χ3v) is 4.69. The van der Waals surface area contributed by atoms with Crippen LogP contribution in [0.4, 0.5) is 0 Å². The largest absolute Gasteiger partial charge is 0.461 e. The van der Waals surface area contributed by atoms with E-state index < -0.39 is 0 Å². The van der Waals surface area contributed by atoms with Gasteiger partial charge in [-0.15, -0.1) is 24.0 Å². The molecule has 0 spiro atoms. The molecule has 0 aliphatic carbocycles. The number of halogens is 1. The van der Waals surface area contributed by atoms with Gasteiger partial charge in [0.15, 0.2) is 11.7 Å². The van der Waals surface area contributed by atoms with Crippen LogP contribution in [0.1, 0.15) is 23.9 Å². The van der Waals surface area contributed by atoms with Crippen LogP contribution in [0.25, 0.3) is 11.6 Å². The van der Waals surface area contributed by atoms with Crippen molar-refractivity contribution in [2.24, 2.45) is 4.99 Å². The van der Waals surface area contributed by atoms with E-state index in [9.17, 15) is 0 Å². The SMILES string of the molecule is CCNC(=NCc1ccccc1Cn1cccn1)NCCc1nc(-c2ccco2)n[nH]1.I. The topological polar surface area (TPSA) is 109 Å². The number of rotatable bonds is 9. The molecule has 0 amide bonds. The number of H-pyrrole nitrogens is 1. The van der Waals surface area contributed by atoms with Crippen LogP contribution in [0.15, 0.2) is 70.5 Å². The Balaban J connectivity index is 0.00000289. The van der Waals surface area contributed by atoms with Crippen LogP contribution in [0.2, 0.25) is 0 Å². The minimum Gasteiger partial charge on any atom is -0.461 e. The van der Waals surface area contributed by atoms with E-state index in [4.69, 9.17) is 9.41 Å².